The molecule has 6 atom stereocenters. The van der Waals surface area contributed by atoms with E-state index in [9.17, 15) is 34.5 Å². The van der Waals surface area contributed by atoms with Crippen LogP contribution in [0.4, 0.5) is 0 Å². The van der Waals surface area contributed by atoms with Crippen molar-refractivity contribution in [2.24, 2.45) is 0 Å². The zero-order chi connectivity index (χ0) is 50.4. The van der Waals surface area contributed by atoms with Gasteiger partial charge in [-0.25, -0.2) is 4.79 Å². The number of carbonyl (C=O) groups is 4. The summed E-state index contributed by atoms with van der Waals surface area (Å²) in [6, 6.07) is 0. The molecule has 0 saturated carbocycles. The van der Waals surface area contributed by atoms with Gasteiger partial charge in [0.2, 0.25) is 0 Å². The normalized spacial score (nSPS) is 19.6. The molecule has 0 spiro atoms. The molecule has 1 fully saturated rings. The van der Waals surface area contributed by atoms with Crippen LogP contribution in [0.2, 0.25) is 0 Å². The number of carboxylic acids is 1. The number of allylic oxidation sites excluding steroid dienone is 17. The average molecular weight is 965 g/mol. The van der Waals surface area contributed by atoms with Gasteiger partial charge in [0.1, 0.15) is 18.8 Å². The Labute approximate surface area is 415 Å². The van der Waals surface area contributed by atoms with Crippen molar-refractivity contribution in [3.63, 3.8) is 0 Å². The summed E-state index contributed by atoms with van der Waals surface area (Å²) in [5.41, 5.74) is 0. The van der Waals surface area contributed by atoms with Crippen LogP contribution in [-0.4, -0.2) is 89.2 Å². The second-order valence-corrected chi connectivity index (χ2v) is 17.1. The second-order valence-electron chi connectivity index (χ2n) is 17.1. The van der Waals surface area contributed by atoms with Crippen LogP contribution < -0.4 is 0 Å². The quantitative estimate of drug-likeness (QED) is 0.0229. The Hall–Kier alpha value is -4.62. The number of hydrogen-bond acceptors (Lipinski definition) is 11. The third kappa shape index (κ3) is 35.2. The van der Waals surface area contributed by atoms with E-state index in [2.05, 4.69) is 112 Å². The van der Waals surface area contributed by atoms with Crippen LogP contribution in [0.5, 0.6) is 0 Å². The second kappa shape index (κ2) is 44.6. The van der Waals surface area contributed by atoms with Gasteiger partial charge >= 0.3 is 23.9 Å². The van der Waals surface area contributed by atoms with Gasteiger partial charge in [-0.15, -0.1) is 0 Å². The van der Waals surface area contributed by atoms with Crippen LogP contribution >= 0.6 is 0 Å². The van der Waals surface area contributed by atoms with Crippen LogP contribution in [0, 0.1) is 0 Å². The zero-order valence-electron chi connectivity index (χ0n) is 42.3. The zero-order valence-corrected chi connectivity index (χ0v) is 42.3. The highest BCUT2D eigenvalue weighted by Crippen LogP contribution is 2.26. The molecule has 12 heteroatoms. The minimum absolute atomic E-state index is 0.0271. The molecule has 0 aliphatic carbocycles. The molecule has 3 N–H and O–H groups in total. The number of aliphatic carboxylic acids is 1. The Morgan fingerprint density at radius 2 is 0.957 bits per heavy atom. The highest BCUT2D eigenvalue weighted by atomic mass is 16.7. The molecule has 12 nitrogen and oxygen atoms in total. The van der Waals surface area contributed by atoms with Gasteiger partial charge in [-0.3, -0.25) is 14.4 Å². The largest absolute Gasteiger partial charge is 0.479 e. The van der Waals surface area contributed by atoms with Gasteiger partial charge in [-0.1, -0.05) is 169 Å². The van der Waals surface area contributed by atoms with E-state index >= 15 is 0 Å². The third-order valence-corrected chi connectivity index (χ3v) is 10.8. The molecule has 0 aromatic heterocycles. The molecule has 0 amide bonds. The molecule has 0 bridgehead atoms. The fraction of sp³-hybridized carbons (Fsp3) is 0.614. The lowest BCUT2D eigenvalue weighted by Gasteiger charge is -2.40. The maximum atomic E-state index is 13.0. The molecule has 1 rings (SSSR count). The van der Waals surface area contributed by atoms with E-state index in [1.54, 1.807) is 6.08 Å². The fourth-order valence-electron chi connectivity index (χ4n) is 6.90. The third-order valence-electron chi connectivity index (χ3n) is 10.8. The summed E-state index contributed by atoms with van der Waals surface area (Å²) in [6.07, 6.45) is 46.9. The van der Waals surface area contributed by atoms with Gasteiger partial charge in [0.05, 0.1) is 13.0 Å². The first kappa shape index (κ1) is 62.4. The number of carboxylic acid groups (broad SMARTS) is 1. The summed E-state index contributed by atoms with van der Waals surface area (Å²) in [5, 5.41) is 31.3. The lowest BCUT2D eigenvalue weighted by Crippen LogP contribution is -2.61. The number of hydrogen-bond donors (Lipinski definition) is 3. The summed E-state index contributed by atoms with van der Waals surface area (Å²) in [4.78, 5) is 50.7. The number of rotatable bonds is 41. The first-order valence-electron chi connectivity index (χ1n) is 25.9. The van der Waals surface area contributed by atoms with Gasteiger partial charge in [-0.2, -0.15) is 0 Å². The van der Waals surface area contributed by atoms with Gasteiger partial charge in [0, 0.05) is 12.8 Å². The fourth-order valence-corrected chi connectivity index (χ4v) is 6.90. The van der Waals surface area contributed by atoms with E-state index in [1.165, 1.54) is 12.8 Å². The van der Waals surface area contributed by atoms with Crippen molar-refractivity contribution in [1.29, 1.82) is 0 Å². The van der Waals surface area contributed by atoms with Crippen LogP contribution in [-0.2, 0) is 42.9 Å². The number of aliphatic hydroxyl groups is 2. The van der Waals surface area contributed by atoms with Crippen molar-refractivity contribution in [2.45, 2.75) is 212 Å². The van der Waals surface area contributed by atoms with Crippen molar-refractivity contribution in [2.75, 3.05) is 13.2 Å². The monoisotopic (exact) mass is 965 g/mol. The SMILES string of the molecule is CC/C=C\C/C=C\C/C=C\C/C=C\C/C=C\CC(=O)OCC(COC1OC(C(=O)O)C(O)C(O)C1OC(=O)CCCCCCC/C=C\CCCC)OC(=O)CCCCC/C=C\C/C=C\C/C=C\CC. The summed E-state index contributed by atoms with van der Waals surface area (Å²) < 4.78 is 28.1. The van der Waals surface area contributed by atoms with Crippen LogP contribution in [0.25, 0.3) is 0 Å². The highest BCUT2D eigenvalue weighted by molar-refractivity contribution is 5.74. The summed E-state index contributed by atoms with van der Waals surface area (Å²) in [7, 11) is 0. The molecular formula is C57H88O12. The van der Waals surface area contributed by atoms with Crippen LogP contribution in [0.3, 0.4) is 0 Å². The lowest BCUT2D eigenvalue weighted by molar-refractivity contribution is -0.301. The molecule has 0 aromatic carbocycles. The van der Waals surface area contributed by atoms with Gasteiger partial charge in [0.15, 0.2) is 24.6 Å². The molecule has 6 unspecified atom stereocenters. The van der Waals surface area contributed by atoms with E-state index in [-0.39, 0.29) is 25.9 Å². The summed E-state index contributed by atoms with van der Waals surface area (Å²) >= 11 is 0. The Balaban J connectivity index is 2.83. The van der Waals surface area contributed by atoms with Crippen molar-refractivity contribution >= 4 is 23.9 Å². The predicted octanol–water partition coefficient (Wildman–Crippen LogP) is 12.3. The Morgan fingerprint density at radius 3 is 1.49 bits per heavy atom. The van der Waals surface area contributed by atoms with Crippen LogP contribution in [0.1, 0.15) is 175 Å². The summed E-state index contributed by atoms with van der Waals surface area (Å²) in [5.74, 6) is -3.36. The van der Waals surface area contributed by atoms with E-state index in [4.69, 9.17) is 23.7 Å². The van der Waals surface area contributed by atoms with E-state index in [0.29, 0.717) is 19.3 Å². The highest BCUT2D eigenvalue weighted by Gasteiger charge is 2.50. The van der Waals surface area contributed by atoms with Crippen molar-refractivity contribution in [3.8, 4) is 0 Å². The van der Waals surface area contributed by atoms with Gasteiger partial charge in [-0.05, 0) is 96.3 Å². The molecule has 1 saturated heterocycles. The standard InChI is InChI=1S/C57H88O12/c1-4-7-10-13-16-19-22-24-25-27-29-31-34-37-40-43-49(58)65-46-48(67-50(59)44-41-38-35-33-30-26-23-20-17-14-11-8-5-2)47-66-57-55(53(62)52(61)54(69-57)56(63)64)68-51(60)45-42-39-36-32-28-21-18-15-12-9-6-3/h7-8,10-11,15-20,24-26,29-31,37,40,48,52-55,57,61-62H,4-6,9,12-14,21-23,27-28,32-36,38-39,41-47H2,1-3H3,(H,63,64)/b10-7-,11-8-,18-15-,19-16-,20-17-,25-24-,30-26-,31-29-,40-37-. The lowest BCUT2D eigenvalue weighted by atomic mass is 9.98. The smallest absolute Gasteiger partial charge is 0.335 e. The average Bonchev–Trinajstić information content (AvgIpc) is 3.33. The molecule has 388 valence electrons. The molecule has 1 aliphatic rings. The molecule has 1 aliphatic heterocycles. The summed E-state index contributed by atoms with van der Waals surface area (Å²) in [6.45, 7) is 5.55. The first-order chi connectivity index (χ1) is 33.6. The molecular weight excluding hydrogens is 877 g/mol. The number of aliphatic hydroxyl groups excluding tert-OH is 2. The van der Waals surface area contributed by atoms with Gasteiger partial charge in [0.25, 0.3) is 0 Å². The topological polar surface area (TPSA) is 175 Å². The van der Waals surface area contributed by atoms with Crippen molar-refractivity contribution in [3.05, 3.63) is 109 Å². The Bertz CT molecular complexity index is 1620. The van der Waals surface area contributed by atoms with Gasteiger partial charge < -0.3 is 39.0 Å². The molecule has 1 heterocycles. The van der Waals surface area contributed by atoms with Crippen molar-refractivity contribution in [1.82, 2.24) is 0 Å². The van der Waals surface area contributed by atoms with E-state index < -0.39 is 67.3 Å². The van der Waals surface area contributed by atoms with Crippen molar-refractivity contribution < 1.29 is 58.2 Å². The molecule has 0 radical (unpaired) electrons. The Kier molecular flexibility index (Phi) is 40.3. The number of esters is 3. The minimum Gasteiger partial charge on any atom is -0.479 e. The predicted molar refractivity (Wildman–Crippen MR) is 275 cm³/mol. The number of unbranched alkanes of at least 4 members (excludes halogenated alkanes) is 10. The number of ether oxygens (including phenoxy) is 5. The molecule has 0 aromatic rings. The maximum absolute atomic E-state index is 13.0. The maximum Gasteiger partial charge on any atom is 0.335 e. The molecule has 69 heavy (non-hydrogen) atoms. The van der Waals surface area contributed by atoms with Crippen LogP contribution in [0.15, 0.2) is 109 Å². The first-order valence-corrected chi connectivity index (χ1v) is 25.9. The Morgan fingerprint density at radius 1 is 0.507 bits per heavy atom. The van der Waals surface area contributed by atoms with E-state index in [0.717, 1.165) is 103 Å². The van der Waals surface area contributed by atoms with E-state index in [1.807, 2.05) is 12.2 Å². The minimum atomic E-state index is -1.92. The number of carbonyl (C=O) groups excluding carboxylic acids is 3.